The molecule has 106 valence electrons. The predicted octanol–water partition coefficient (Wildman–Crippen LogP) is 3.78. The van der Waals surface area contributed by atoms with E-state index in [2.05, 4.69) is 30.4 Å². The van der Waals surface area contributed by atoms with E-state index in [-0.39, 0.29) is 5.41 Å². The van der Waals surface area contributed by atoms with Crippen LogP contribution in [-0.4, -0.2) is 12.6 Å². The van der Waals surface area contributed by atoms with Gasteiger partial charge >= 0.3 is 0 Å². The molecule has 0 heterocycles. The maximum Gasteiger partial charge on any atom is 0.0852 e. The highest BCUT2D eigenvalue weighted by Gasteiger charge is 2.46. The summed E-state index contributed by atoms with van der Waals surface area (Å²) in [6, 6.07) is 13.4. The summed E-state index contributed by atoms with van der Waals surface area (Å²) in [5.74, 6) is 0. The Bertz CT molecular complexity index is 488. The van der Waals surface area contributed by atoms with Crippen LogP contribution in [0.5, 0.6) is 0 Å². The zero-order valence-electron chi connectivity index (χ0n) is 12.4. The van der Waals surface area contributed by atoms with E-state index in [9.17, 15) is 5.26 Å². The molecule has 1 N–H and O–H groups in total. The van der Waals surface area contributed by atoms with E-state index in [1.165, 1.54) is 31.2 Å². The zero-order valence-corrected chi connectivity index (χ0v) is 12.4. The summed E-state index contributed by atoms with van der Waals surface area (Å²) >= 11 is 0. The Hall–Kier alpha value is -1.33. The molecule has 0 bridgehead atoms. The molecule has 0 atom stereocenters. The monoisotopic (exact) mass is 268 g/mol. The van der Waals surface area contributed by atoms with Gasteiger partial charge in [0.25, 0.3) is 0 Å². The van der Waals surface area contributed by atoms with E-state index >= 15 is 0 Å². The van der Waals surface area contributed by atoms with Crippen molar-refractivity contribution < 1.29 is 0 Å². The fourth-order valence-corrected chi connectivity index (χ4v) is 3.87. The van der Waals surface area contributed by atoms with Gasteiger partial charge in [-0.2, -0.15) is 5.26 Å². The van der Waals surface area contributed by atoms with Crippen LogP contribution >= 0.6 is 0 Å². The quantitative estimate of drug-likeness (QED) is 0.902. The Labute approximate surface area is 122 Å². The molecular weight excluding hydrogens is 244 g/mol. The standard InChI is InChI=1S/C18H24N2/c1-17(9-5-6-10-17)14-20-16-11-18(12-16,13-19)15-7-3-2-4-8-15/h2-4,7-8,16,20H,5-6,9-12,14H2,1H3. The molecule has 0 spiro atoms. The normalized spacial score (nSPS) is 31.5. The molecule has 2 aliphatic rings. The molecule has 0 aliphatic heterocycles. The van der Waals surface area contributed by atoms with E-state index < -0.39 is 0 Å². The smallest absolute Gasteiger partial charge is 0.0852 e. The van der Waals surface area contributed by atoms with Crippen molar-refractivity contribution in [3.8, 4) is 6.07 Å². The highest BCUT2D eigenvalue weighted by Crippen LogP contribution is 2.44. The number of rotatable bonds is 4. The van der Waals surface area contributed by atoms with Crippen LogP contribution in [-0.2, 0) is 5.41 Å². The van der Waals surface area contributed by atoms with Crippen LogP contribution in [0.4, 0.5) is 0 Å². The Kier molecular flexibility index (Phi) is 3.56. The van der Waals surface area contributed by atoms with Crippen LogP contribution in [0.25, 0.3) is 0 Å². The van der Waals surface area contributed by atoms with Gasteiger partial charge in [0.05, 0.1) is 11.5 Å². The largest absolute Gasteiger partial charge is 0.313 e. The minimum absolute atomic E-state index is 0.241. The van der Waals surface area contributed by atoms with Crippen molar-refractivity contribution in [1.29, 1.82) is 5.26 Å². The third kappa shape index (κ3) is 2.47. The Morgan fingerprint density at radius 3 is 2.45 bits per heavy atom. The molecule has 0 unspecified atom stereocenters. The highest BCUT2D eigenvalue weighted by molar-refractivity contribution is 5.36. The van der Waals surface area contributed by atoms with Crippen LogP contribution < -0.4 is 5.32 Å². The van der Waals surface area contributed by atoms with Gasteiger partial charge in [0.15, 0.2) is 0 Å². The topological polar surface area (TPSA) is 35.8 Å². The number of hydrogen-bond acceptors (Lipinski definition) is 2. The van der Waals surface area contributed by atoms with Crippen LogP contribution in [0.15, 0.2) is 30.3 Å². The number of nitrogens with one attached hydrogen (secondary N) is 1. The summed E-state index contributed by atoms with van der Waals surface area (Å²) in [5, 5.41) is 13.3. The number of nitriles is 1. The second-order valence-electron chi connectivity index (χ2n) is 7.06. The molecule has 2 heteroatoms. The lowest BCUT2D eigenvalue weighted by Gasteiger charge is -2.44. The van der Waals surface area contributed by atoms with Crippen molar-refractivity contribution in [2.24, 2.45) is 5.41 Å². The third-order valence-corrected chi connectivity index (χ3v) is 5.36. The molecule has 3 rings (SSSR count). The van der Waals surface area contributed by atoms with Gasteiger partial charge in [0.1, 0.15) is 0 Å². The lowest BCUT2D eigenvalue weighted by atomic mass is 9.62. The van der Waals surface area contributed by atoms with Crippen molar-refractivity contribution in [3.05, 3.63) is 35.9 Å². The fraction of sp³-hybridized carbons (Fsp3) is 0.611. The van der Waals surface area contributed by atoms with Gasteiger partial charge in [-0.15, -0.1) is 0 Å². The number of hydrogen-bond donors (Lipinski definition) is 1. The summed E-state index contributed by atoms with van der Waals surface area (Å²) in [7, 11) is 0. The third-order valence-electron chi connectivity index (χ3n) is 5.36. The summed E-state index contributed by atoms with van der Waals surface area (Å²) < 4.78 is 0. The van der Waals surface area contributed by atoms with Gasteiger partial charge < -0.3 is 5.32 Å². The van der Waals surface area contributed by atoms with Crippen LogP contribution in [0.2, 0.25) is 0 Å². The van der Waals surface area contributed by atoms with Gasteiger partial charge in [-0.05, 0) is 36.7 Å². The van der Waals surface area contributed by atoms with Gasteiger partial charge in [-0.25, -0.2) is 0 Å². The predicted molar refractivity (Wildman–Crippen MR) is 81.3 cm³/mol. The van der Waals surface area contributed by atoms with E-state index in [0.29, 0.717) is 11.5 Å². The first kappa shape index (κ1) is 13.6. The second kappa shape index (κ2) is 5.22. The Morgan fingerprint density at radius 2 is 1.85 bits per heavy atom. The van der Waals surface area contributed by atoms with Crippen molar-refractivity contribution in [3.63, 3.8) is 0 Å². The van der Waals surface area contributed by atoms with E-state index in [1.54, 1.807) is 0 Å². The van der Waals surface area contributed by atoms with Crippen molar-refractivity contribution in [2.75, 3.05) is 6.54 Å². The SMILES string of the molecule is CC1(CNC2CC(C#N)(c3ccccc3)C2)CCCC1. The summed E-state index contributed by atoms with van der Waals surface area (Å²) in [4.78, 5) is 0. The maximum absolute atomic E-state index is 9.56. The lowest BCUT2D eigenvalue weighted by Crippen LogP contribution is -2.52. The van der Waals surface area contributed by atoms with Crippen molar-refractivity contribution >= 4 is 0 Å². The molecule has 0 aromatic heterocycles. The fourth-order valence-electron chi connectivity index (χ4n) is 3.87. The number of nitrogens with zero attached hydrogens (tertiary/aromatic N) is 1. The Balaban J connectivity index is 1.56. The van der Waals surface area contributed by atoms with E-state index in [1.807, 2.05) is 18.2 Å². The summed E-state index contributed by atoms with van der Waals surface area (Å²) in [6.45, 7) is 3.52. The van der Waals surface area contributed by atoms with Crippen LogP contribution in [0, 0.1) is 16.7 Å². The zero-order chi connectivity index (χ0) is 14.1. The molecule has 0 radical (unpaired) electrons. The van der Waals surface area contributed by atoms with E-state index in [4.69, 9.17) is 0 Å². The van der Waals surface area contributed by atoms with Gasteiger partial charge in [0, 0.05) is 12.6 Å². The lowest BCUT2D eigenvalue weighted by molar-refractivity contribution is 0.195. The average molecular weight is 268 g/mol. The number of benzene rings is 1. The van der Waals surface area contributed by atoms with Crippen molar-refractivity contribution in [1.82, 2.24) is 5.32 Å². The van der Waals surface area contributed by atoms with Crippen LogP contribution in [0.3, 0.4) is 0 Å². The molecular formula is C18H24N2. The molecule has 1 aromatic rings. The first-order valence-electron chi connectivity index (χ1n) is 7.86. The molecule has 20 heavy (non-hydrogen) atoms. The average Bonchev–Trinajstić information content (AvgIpc) is 2.86. The van der Waals surface area contributed by atoms with Gasteiger partial charge in [-0.3, -0.25) is 0 Å². The Morgan fingerprint density at radius 1 is 1.20 bits per heavy atom. The molecule has 2 fully saturated rings. The molecule has 1 aromatic carbocycles. The first-order valence-corrected chi connectivity index (χ1v) is 7.86. The molecule has 0 amide bonds. The molecule has 0 saturated heterocycles. The first-order chi connectivity index (χ1) is 9.66. The minimum Gasteiger partial charge on any atom is -0.313 e. The maximum atomic E-state index is 9.56. The highest BCUT2D eigenvalue weighted by atomic mass is 15.0. The molecule has 2 saturated carbocycles. The van der Waals surface area contributed by atoms with Crippen molar-refractivity contribution in [2.45, 2.75) is 56.9 Å². The van der Waals surface area contributed by atoms with Gasteiger partial charge in [0.2, 0.25) is 0 Å². The van der Waals surface area contributed by atoms with E-state index in [0.717, 1.165) is 19.4 Å². The molecule has 2 nitrogen and oxygen atoms in total. The summed E-state index contributed by atoms with van der Waals surface area (Å²) in [5.41, 5.74) is 1.44. The van der Waals surface area contributed by atoms with Gasteiger partial charge in [-0.1, -0.05) is 50.1 Å². The molecule has 2 aliphatic carbocycles. The second-order valence-corrected chi connectivity index (χ2v) is 7.06. The minimum atomic E-state index is -0.241. The van der Waals surface area contributed by atoms with Crippen LogP contribution in [0.1, 0.15) is 51.0 Å². The summed E-state index contributed by atoms with van der Waals surface area (Å²) in [6.07, 6.45) is 7.40.